The van der Waals surface area contributed by atoms with E-state index in [-0.39, 0.29) is 30.8 Å². The number of hydrogen-bond acceptors (Lipinski definition) is 3. The second-order valence-electron chi connectivity index (χ2n) is 4.32. The zero-order valence-electron chi connectivity index (χ0n) is 10.4. The molecule has 1 aliphatic carbocycles. The van der Waals surface area contributed by atoms with Gasteiger partial charge in [-0.25, -0.2) is 4.79 Å². The molecule has 1 atom stereocenters. The van der Waals surface area contributed by atoms with Crippen LogP contribution in [0.1, 0.15) is 26.2 Å². The first-order chi connectivity index (χ1) is 8.52. The first kappa shape index (κ1) is 14.3. The number of nitrogens with one attached hydrogen (secondary N) is 3. The fraction of sp³-hybridized carbons (Fsp3) is 0.727. The minimum Gasteiger partial charge on any atom is -0.481 e. The summed E-state index contributed by atoms with van der Waals surface area (Å²) in [6.45, 7) is 2.18. The van der Waals surface area contributed by atoms with E-state index in [1.807, 2.05) is 0 Å². The quantitative estimate of drug-likeness (QED) is 0.501. The van der Waals surface area contributed by atoms with E-state index < -0.39 is 12.0 Å². The Kier molecular flexibility index (Phi) is 5.41. The van der Waals surface area contributed by atoms with E-state index in [2.05, 4.69) is 16.0 Å². The van der Waals surface area contributed by atoms with E-state index in [9.17, 15) is 14.4 Å². The largest absolute Gasteiger partial charge is 0.481 e. The van der Waals surface area contributed by atoms with Crippen LogP contribution in [-0.2, 0) is 9.59 Å². The molecule has 1 unspecified atom stereocenters. The summed E-state index contributed by atoms with van der Waals surface area (Å²) < 4.78 is 0. The lowest BCUT2D eigenvalue weighted by Gasteiger charge is -2.16. The van der Waals surface area contributed by atoms with Crippen molar-refractivity contribution in [2.24, 2.45) is 5.92 Å². The van der Waals surface area contributed by atoms with Crippen LogP contribution in [0.4, 0.5) is 4.79 Å². The van der Waals surface area contributed by atoms with Gasteiger partial charge in [0.1, 0.15) is 0 Å². The van der Waals surface area contributed by atoms with Gasteiger partial charge in [0.05, 0.1) is 13.0 Å². The van der Waals surface area contributed by atoms with Gasteiger partial charge >= 0.3 is 12.0 Å². The summed E-state index contributed by atoms with van der Waals surface area (Å²) in [6, 6.07) is -0.851. The van der Waals surface area contributed by atoms with Gasteiger partial charge in [0.15, 0.2) is 0 Å². The van der Waals surface area contributed by atoms with Crippen molar-refractivity contribution >= 4 is 17.9 Å². The van der Waals surface area contributed by atoms with Gasteiger partial charge in [-0.05, 0) is 25.7 Å². The van der Waals surface area contributed by atoms with Crippen molar-refractivity contribution in [1.29, 1.82) is 0 Å². The molecule has 1 saturated carbocycles. The summed E-state index contributed by atoms with van der Waals surface area (Å²) in [5, 5.41) is 16.3. The Morgan fingerprint density at radius 3 is 2.44 bits per heavy atom. The standard InChI is InChI=1S/C11H19N3O4/c1-2-12-9(15)6-13-11(18)14-8(5-10(16)17)7-3-4-7/h7-8H,2-6H2,1H3,(H,12,15)(H,16,17)(H2,13,14,18). The molecule has 0 radical (unpaired) electrons. The smallest absolute Gasteiger partial charge is 0.315 e. The Balaban J connectivity index is 2.28. The Bertz CT molecular complexity index is 328. The third-order valence-corrected chi connectivity index (χ3v) is 2.69. The average Bonchev–Trinajstić information content (AvgIpc) is 3.09. The second-order valence-corrected chi connectivity index (χ2v) is 4.32. The fourth-order valence-corrected chi connectivity index (χ4v) is 1.66. The monoisotopic (exact) mass is 257 g/mol. The number of hydrogen-bond donors (Lipinski definition) is 4. The lowest BCUT2D eigenvalue weighted by molar-refractivity contribution is -0.137. The summed E-state index contributed by atoms with van der Waals surface area (Å²) >= 11 is 0. The zero-order valence-corrected chi connectivity index (χ0v) is 10.4. The number of carboxylic acid groups (broad SMARTS) is 1. The molecule has 0 aromatic carbocycles. The van der Waals surface area contributed by atoms with E-state index in [1.54, 1.807) is 6.92 Å². The van der Waals surface area contributed by atoms with Crippen molar-refractivity contribution < 1.29 is 19.5 Å². The fourth-order valence-electron chi connectivity index (χ4n) is 1.66. The highest BCUT2D eigenvalue weighted by atomic mass is 16.4. The van der Waals surface area contributed by atoms with Crippen LogP contribution >= 0.6 is 0 Å². The first-order valence-electron chi connectivity index (χ1n) is 6.05. The molecule has 18 heavy (non-hydrogen) atoms. The molecule has 7 heteroatoms. The highest BCUT2D eigenvalue weighted by molar-refractivity contribution is 5.84. The SMILES string of the molecule is CCNC(=O)CNC(=O)NC(CC(=O)O)C1CC1. The van der Waals surface area contributed by atoms with Gasteiger partial charge in [-0.15, -0.1) is 0 Å². The van der Waals surface area contributed by atoms with E-state index in [0.717, 1.165) is 12.8 Å². The summed E-state index contributed by atoms with van der Waals surface area (Å²) in [5.74, 6) is -0.957. The minimum atomic E-state index is -0.934. The van der Waals surface area contributed by atoms with E-state index in [0.29, 0.717) is 6.54 Å². The third-order valence-electron chi connectivity index (χ3n) is 2.69. The number of carboxylic acids is 1. The van der Waals surface area contributed by atoms with Gasteiger partial charge in [0, 0.05) is 12.6 Å². The van der Waals surface area contributed by atoms with Gasteiger partial charge in [0.2, 0.25) is 5.91 Å². The Labute approximate surface area is 105 Å². The molecule has 1 rings (SSSR count). The van der Waals surface area contributed by atoms with Gasteiger partial charge in [-0.3, -0.25) is 9.59 Å². The molecule has 0 aromatic heterocycles. The van der Waals surface area contributed by atoms with Crippen molar-refractivity contribution in [1.82, 2.24) is 16.0 Å². The Morgan fingerprint density at radius 1 is 1.28 bits per heavy atom. The van der Waals surface area contributed by atoms with Crippen LogP contribution in [0.5, 0.6) is 0 Å². The topological polar surface area (TPSA) is 108 Å². The normalized spacial score (nSPS) is 15.6. The highest BCUT2D eigenvalue weighted by Gasteiger charge is 2.33. The van der Waals surface area contributed by atoms with Gasteiger partial charge in [0.25, 0.3) is 0 Å². The van der Waals surface area contributed by atoms with Crippen molar-refractivity contribution in [3.63, 3.8) is 0 Å². The lowest BCUT2D eigenvalue weighted by atomic mass is 10.1. The molecule has 1 aliphatic rings. The average molecular weight is 257 g/mol. The van der Waals surface area contributed by atoms with Crippen LogP contribution < -0.4 is 16.0 Å². The van der Waals surface area contributed by atoms with Gasteiger partial charge in [-0.1, -0.05) is 0 Å². The molecule has 0 bridgehead atoms. The number of rotatable bonds is 7. The number of likely N-dealkylation sites (N-methyl/N-ethyl adjacent to an activating group) is 1. The Morgan fingerprint density at radius 2 is 1.94 bits per heavy atom. The molecule has 0 heterocycles. The molecule has 0 aromatic rings. The summed E-state index contributed by atoms with van der Waals surface area (Å²) in [6.07, 6.45) is 1.79. The molecular formula is C11H19N3O4. The molecule has 102 valence electrons. The maximum Gasteiger partial charge on any atom is 0.315 e. The molecule has 0 aliphatic heterocycles. The lowest BCUT2D eigenvalue weighted by Crippen LogP contribution is -2.47. The maximum absolute atomic E-state index is 11.5. The van der Waals surface area contributed by atoms with Crippen LogP contribution in [0.25, 0.3) is 0 Å². The molecule has 7 nitrogen and oxygen atoms in total. The van der Waals surface area contributed by atoms with Crippen LogP contribution in [0.15, 0.2) is 0 Å². The summed E-state index contributed by atoms with van der Waals surface area (Å²) in [5.41, 5.74) is 0. The molecule has 3 amide bonds. The molecule has 0 spiro atoms. The number of carbonyl (C=O) groups excluding carboxylic acids is 2. The van der Waals surface area contributed by atoms with Crippen LogP contribution in [-0.4, -0.2) is 42.1 Å². The molecule has 1 fully saturated rings. The number of carbonyl (C=O) groups is 3. The first-order valence-corrected chi connectivity index (χ1v) is 6.05. The van der Waals surface area contributed by atoms with Crippen molar-refractivity contribution in [3.05, 3.63) is 0 Å². The summed E-state index contributed by atoms with van der Waals surface area (Å²) in [4.78, 5) is 33.2. The minimum absolute atomic E-state index is 0.0841. The molecule has 4 N–H and O–H groups in total. The van der Waals surface area contributed by atoms with Crippen molar-refractivity contribution in [2.45, 2.75) is 32.2 Å². The van der Waals surface area contributed by atoms with E-state index in [4.69, 9.17) is 5.11 Å². The van der Waals surface area contributed by atoms with Gasteiger partial charge < -0.3 is 21.1 Å². The number of aliphatic carboxylic acids is 1. The van der Waals surface area contributed by atoms with Gasteiger partial charge in [-0.2, -0.15) is 0 Å². The maximum atomic E-state index is 11.5. The van der Waals surface area contributed by atoms with Crippen molar-refractivity contribution in [2.75, 3.05) is 13.1 Å². The predicted octanol–water partition coefficient (Wildman–Crippen LogP) is -0.325. The third kappa shape index (κ3) is 5.51. The number of amides is 3. The van der Waals surface area contributed by atoms with Crippen LogP contribution in [0, 0.1) is 5.92 Å². The molecular weight excluding hydrogens is 238 g/mol. The zero-order chi connectivity index (χ0) is 13.5. The van der Waals surface area contributed by atoms with Crippen LogP contribution in [0.2, 0.25) is 0 Å². The van der Waals surface area contributed by atoms with Crippen LogP contribution in [0.3, 0.4) is 0 Å². The van der Waals surface area contributed by atoms with E-state index in [1.165, 1.54) is 0 Å². The molecule has 0 saturated heterocycles. The van der Waals surface area contributed by atoms with E-state index >= 15 is 0 Å². The van der Waals surface area contributed by atoms with Crippen molar-refractivity contribution in [3.8, 4) is 0 Å². The second kappa shape index (κ2) is 6.83. The number of urea groups is 1. The predicted molar refractivity (Wildman–Crippen MR) is 64.0 cm³/mol. The highest BCUT2D eigenvalue weighted by Crippen LogP contribution is 2.33. The Hall–Kier alpha value is -1.79. The summed E-state index contributed by atoms with van der Waals surface area (Å²) in [7, 11) is 0.